The summed E-state index contributed by atoms with van der Waals surface area (Å²) in [5, 5.41) is 0.100. The van der Waals surface area contributed by atoms with Crippen molar-refractivity contribution in [1.29, 1.82) is 0 Å². The molecule has 3 rings (SSSR count). The monoisotopic (exact) mass is 401 g/mol. The van der Waals surface area contributed by atoms with E-state index < -0.39 is 10.1 Å². The number of hydrogen-bond donors (Lipinski definition) is 0. The number of rotatable bonds is 6. The van der Waals surface area contributed by atoms with Gasteiger partial charge in [0.1, 0.15) is 4.90 Å². The molecule has 0 saturated carbocycles. The van der Waals surface area contributed by atoms with E-state index in [4.69, 9.17) is 20.5 Å². The molecule has 0 radical (unpaired) electrons. The second kappa shape index (κ2) is 8.24. The molecule has 0 unspecified atom stereocenters. The highest BCUT2D eigenvalue weighted by molar-refractivity contribution is 7.87. The van der Waals surface area contributed by atoms with Gasteiger partial charge in [-0.2, -0.15) is 8.42 Å². The molecule has 0 saturated heterocycles. The maximum atomic E-state index is 12.5. The molecule has 0 aliphatic heterocycles. The third kappa shape index (κ3) is 4.67. The Bertz CT molecular complexity index is 1050. The zero-order valence-electron chi connectivity index (χ0n) is 14.4. The van der Waals surface area contributed by atoms with Crippen molar-refractivity contribution in [1.82, 2.24) is 0 Å². The van der Waals surface area contributed by atoms with E-state index in [9.17, 15) is 8.42 Å². The second-order valence-electron chi connectivity index (χ2n) is 5.48. The Morgan fingerprint density at radius 2 is 1.59 bits per heavy atom. The highest BCUT2D eigenvalue weighted by Crippen LogP contribution is 2.38. The SMILES string of the molecule is COc1cc(C=Nc2ccccc2)cc(Cl)c1OS(=O)(=O)c1ccccc1. The number of methoxy groups -OCH3 is 1. The van der Waals surface area contributed by atoms with Crippen LogP contribution in [-0.2, 0) is 10.1 Å². The number of halogens is 1. The maximum absolute atomic E-state index is 12.5. The summed E-state index contributed by atoms with van der Waals surface area (Å²) in [6.07, 6.45) is 1.61. The highest BCUT2D eigenvalue weighted by Gasteiger charge is 2.21. The number of nitrogens with zero attached hydrogens (tertiary/aromatic N) is 1. The van der Waals surface area contributed by atoms with Gasteiger partial charge in [0.25, 0.3) is 0 Å². The highest BCUT2D eigenvalue weighted by atomic mass is 35.5. The first-order valence-electron chi connectivity index (χ1n) is 7.96. The normalized spacial score (nSPS) is 11.5. The summed E-state index contributed by atoms with van der Waals surface area (Å²) < 4.78 is 35.4. The smallest absolute Gasteiger partial charge is 0.339 e. The Morgan fingerprint density at radius 1 is 0.963 bits per heavy atom. The predicted molar refractivity (Wildman–Crippen MR) is 106 cm³/mol. The van der Waals surface area contributed by atoms with Crippen molar-refractivity contribution in [3.05, 3.63) is 83.4 Å². The van der Waals surface area contributed by atoms with E-state index >= 15 is 0 Å². The zero-order valence-corrected chi connectivity index (χ0v) is 15.9. The molecule has 0 aliphatic rings. The summed E-state index contributed by atoms with van der Waals surface area (Å²) in [5.74, 6) is 0.122. The predicted octanol–water partition coefficient (Wildman–Crippen LogP) is 4.87. The average molecular weight is 402 g/mol. The van der Waals surface area contributed by atoms with Gasteiger partial charge >= 0.3 is 10.1 Å². The van der Waals surface area contributed by atoms with Gasteiger partial charge in [0.2, 0.25) is 5.75 Å². The molecule has 3 aromatic carbocycles. The van der Waals surface area contributed by atoms with Crippen molar-refractivity contribution >= 4 is 33.6 Å². The van der Waals surface area contributed by atoms with Gasteiger partial charge in [-0.05, 0) is 42.0 Å². The largest absolute Gasteiger partial charge is 0.493 e. The molecule has 5 nitrogen and oxygen atoms in total. The molecule has 27 heavy (non-hydrogen) atoms. The molecule has 0 heterocycles. The topological polar surface area (TPSA) is 65.0 Å². The number of ether oxygens (including phenoxy) is 1. The van der Waals surface area contributed by atoms with Gasteiger partial charge in [-0.3, -0.25) is 4.99 Å². The van der Waals surface area contributed by atoms with Crippen molar-refractivity contribution in [2.24, 2.45) is 4.99 Å². The molecule has 0 aromatic heterocycles. The van der Waals surface area contributed by atoms with Crippen molar-refractivity contribution < 1.29 is 17.3 Å². The molecule has 0 spiro atoms. The van der Waals surface area contributed by atoms with Crippen LogP contribution in [0.25, 0.3) is 0 Å². The summed E-state index contributed by atoms with van der Waals surface area (Å²) >= 11 is 6.26. The van der Waals surface area contributed by atoms with E-state index in [-0.39, 0.29) is 21.4 Å². The molecule has 0 amide bonds. The minimum atomic E-state index is -4.03. The molecule has 0 N–H and O–H groups in total. The van der Waals surface area contributed by atoms with Crippen LogP contribution in [-0.4, -0.2) is 21.7 Å². The fourth-order valence-corrected chi connectivity index (χ4v) is 3.58. The number of para-hydroxylation sites is 1. The minimum absolute atomic E-state index is 0.0258. The van der Waals surface area contributed by atoms with Crippen LogP contribution in [0.15, 0.2) is 82.7 Å². The first-order chi connectivity index (χ1) is 13.0. The Balaban J connectivity index is 1.92. The first kappa shape index (κ1) is 18.9. The van der Waals surface area contributed by atoms with Crippen LogP contribution < -0.4 is 8.92 Å². The van der Waals surface area contributed by atoms with Crippen molar-refractivity contribution in [2.75, 3.05) is 7.11 Å². The van der Waals surface area contributed by atoms with Gasteiger partial charge in [0.05, 0.1) is 17.8 Å². The van der Waals surface area contributed by atoms with Crippen LogP contribution in [0.5, 0.6) is 11.5 Å². The molecule has 138 valence electrons. The lowest BCUT2D eigenvalue weighted by Crippen LogP contribution is -2.10. The van der Waals surface area contributed by atoms with Crippen molar-refractivity contribution in [2.45, 2.75) is 4.90 Å². The Morgan fingerprint density at radius 3 is 2.22 bits per heavy atom. The lowest BCUT2D eigenvalue weighted by Gasteiger charge is -2.13. The zero-order chi connectivity index (χ0) is 19.3. The van der Waals surface area contributed by atoms with E-state index in [0.29, 0.717) is 5.56 Å². The standard InChI is InChI=1S/C20H16ClNO4S/c1-25-19-13-15(14-22-16-8-4-2-5-9-16)12-18(21)20(19)26-27(23,24)17-10-6-3-7-11-17/h2-14H,1H3. The van der Waals surface area contributed by atoms with Crippen LogP contribution in [0, 0.1) is 0 Å². The third-order valence-corrected chi connectivity index (χ3v) is 5.11. The molecule has 0 aliphatic carbocycles. The van der Waals surface area contributed by atoms with Gasteiger partial charge in [-0.1, -0.05) is 48.0 Å². The van der Waals surface area contributed by atoms with E-state index in [1.807, 2.05) is 30.3 Å². The Hall–Kier alpha value is -2.83. The summed E-state index contributed by atoms with van der Waals surface area (Å²) in [4.78, 5) is 4.37. The third-order valence-electron chi connectivity index (χ3n) is 3.60. The summed E-state index contributed by atoms with van der Waals surface area (Å²) in [7, 11) is -2.63. The summed E-state index contributed by atoms with van der Waals surface area (Å²) in [6.45, 7) is 0. The van der Waals surface area contributed by atoms with Gasteiger partial charge in [-0.15, -0.1) is 0 Å². The molecule has 3 aromatic rings. The lowest BCUT2D eigenvalue weighted by molar-refractivity contribution is 0.390. The number of hydrogen-bond acceptors (Lipinski definition) is 5. The van der Waals surface area contributed by atoms with Crippen molar-refractivity contribution in [3.63, 3.8) is 0 Å². The molecule has 0 atom stereocenters. The van der Waals surface area contributed by atoms with Crippen molar-refractivity contribution in [3.8, 4) is 11.5 Å². The minimum Gasteiger partial charge on any atom is -0.493 e. The van der Waals surface area contributed by atoms with Crippen LogP contribution in [0.4, 0.5) is 5.69 Å². The van der Waals surface area contributed by atoms with E-state index in [2.05, 4.69) is 4.99 Å². The second-order valence-corrected chi connectivity index (χ2v) is 7.43. The number of aliphatic imine (C=N–C) groups is 1. The van der Waals surface area contributed by atoms with E-state index in [1.54, 1.807) is 36.5 Å². The quantitative estimate of drug-likeness (QED) is 0.436. The van der Waals surface area contributed by atoms with E-state index in [1.165, 1.54) is 19.2 Å². The Labute approximate surface area is 163 Å². The van der Waals surface area contributed by atoms with Gasteiger partial charge < -0.3 is 8.92 Å². The van der Waals surface area contributed by atoms with Crippen LogP contribution in [0.1, 0.15) is 5.56 Å². The average Bonchev–Trinajstić information content (AvgIpc) is 2.69. The number of benzene rings is 3. The molecule has 0 bridgehead atoms. The van der Waals surface area contributed by atoms with Crippen LogP contribution in [0.2, 0.25) is 5.02 Å². The Kier molecular flexibility index (Phi) is 5.78. The molecule has 0 fully saturated rings. The summed E-state index contributed by atoms with van der Waals surface area (Å²) in [5.41, 5.74) is 1.42. The fraction of sp³-hybridized carbons (Fsp3) is 0.0500. The molecule has 7 heteroatoms. The van der Waals surface area contributed by atoms with Gasteiger partial charge in [0.15, 0.2) is 5.75 Å². The first-order valence-corrected chi connectivity index (χ1v) is 9.74. The van der Waals surface area contributed by atoms with Crippen LogP contribution in [0.3, 0.4) is 0 Å². The van der Waals surface area contributed by atoms with Crippen LogP contribution >= 0.6 is 11.6 Å². The maximum Gasteiger partial charge on any atom is 0.339 e. The molecular weight excluding hydrogens is 386 g/mol. The van der Waals surface area contributed by atoms with Gasteiger partial charge in [-0.25, -0.2) is 0 Å². The lowest BCUT2D eigenvalue weighted by atomic mass is 10.2. The van der Waals surface area contributed by atoms with Gasteiger partial charge in [0, 0.05) is 6.21 Å². The molecular formula is C20H16ClNO4S. The van der Waals surface area contributed by atoms with E-state index in [0.717, 1.165) is 5.69 Å². The summed E-state index contributed by atoms with van der Waals surface area (Å²) in [6, 6.07) is 20.4. The fourth-order valence-electron chi connectivity index (χ4n) is 2.30.